The summed E-state index contributed by atoms with van der Waals surface area (Å²) in [5, 5.41) is 9.33. The van der Waals surface area contributed by atoms with E-state index in [0.29, 0.717) is 11.7 Å². The highest BCUT2D eigenvalue weighted by molar-refractivity contribution is 9.10. The van der Waals surface area contributed by atoms with Crippen molar-refractivity contribution in [2.24, 2.45) is 5.92 Å². The molecular formula is C12H18BrN3OS. The van der Waals surface area contributed by atoms with Crippen LogP contribution in [0.5, 0.6) is 0 Å². The highest BCUT2D eigenvalue weighted by atomic mass is 79.9. The molecule has 1 N–H and O–H groups in total. The minimum atomic E-state index is -0.0495. The standard InChI is InChI=1S/C12H16BrN3O.H2S/c1-8(2)3-4-16-11(7-17)15-10-5-9(13)6-14-12(10)16;/h5-6,8,17H,3-4,7H2,1-2H3;1H2. The second-order valence-corrected chi connectivity index (χ2v) is 5.43. The topological polar surface area (TPSA) is 50.9 Å². The third-order valence-corrected chi connectivity index (χ3v) is 3.14. The lowest BCUT2D eigenvalue weighted by atomic mass is 10.1. The molecule has 0 aliphatic heterocycles. The fourth-order valence-corrected chi connectivity index (χ4v) is 2.10. The van der Waals surface area contributed by atoms with E-state index >= 15 is 0 Å². The van der Waals surface area contributed by atoms with Gasteiger partial charge in [-0.25, -0.2) is 9.97 Å². The molecule has 2 aromatic heterocycles. The van der Waals surface area contributed by atoms with Gasteiger partial charge in [0.1, 0.15) is 17.9 Å². The molecule has 0 spiro atoms. The highest BCUT2D eigenvalue weighted by Gasteiger charge is 2.11. The lowest BCUT2D eigenvalue weighted by Crippen LogP contribution is -2.06. The van der Waals surface area contributed by atoms with Crippen LogP contribution < -0.4 is 0 Å². The molecule has 0 atom stereocenters. The highest BCUT2D eigenvalue weighted by Crippen LogP contribution is 2.19. The molecule has 6 heteroatoms. The number of nitrogens with zero attached hydrogens (tertiary/aromatic N) is 3. The Labute approximate surface area is 122 Å². The average Bonchev–Trinajstić information content (AvgIpc) is 2.63. The fourth-order valence-electron chi connectivity index (χ4n) is 1.78. The SMILES string of the molecule is CC(C)CCn1c(CO)nc2cc(Br)cnc21.S. The van der Waals surface area contributed by atoms with Gasteiger partial charge in [0.2, 0.25) is 0 Å². The zero-order chi connectivity index (χ0) is 12.4. The Balaban J connectivity index is 0.00000162. The number of aliphatic hydroxyl groups is 1. The Morgan fingerprint density at radius 1 is 1.44 bits per heavy atom. The van der Waals surface area contributed by atoms with E-state index in [-0.39, 0.29) is 20.1 Å². The van der Waals surface area contributed by atoms with Gasteiger partial charge >= 0.3 is 0 Å². The number of pyridine rings is 1. The van der Waals surface area contributed by atoms with E-state index in [1.165, 1.54) is 0 Å². The first-order chi connectivity index (χ1) is 8.11. The first-order valence-electron chi connectivity index (χ1n) is 5.73. The number of aliphatic hydroxyl groups excluding tert-OH is 1. The summed E-state index contributed by atoms with van der Waals surface area (Å²) in [6.45, 7) is 5.16. The zero-order valence-corrected chi connectivity index (χ0v) is 13.1. The molecular weight excluding hydrogens is 314 g/mol. The molecule has 18 heavy (non-hydrogen) atoms. The van der Waals surface area contributed by atoms with Crippen LogP contribution in [-0.4, -0.2) is 19.6 Å². The number of aryl methyl sites for hydroxylation is 1. The molecule has 2 rings (SSSR count). The third-order valence-electron chi connectivity index (χ3n) is 2.70. The van der Waals surface area contributed by atoms with Crippen molar-refractivity contribution in [1.82, 2.24) is 14.5 Å². The lowest BCUT2D eigenvalue weighted by Gasteiger charge is -2.08. The summed E-state index contributed by atoms with van der Waals surface area (Å²) in [5.74, 6) is 1.31. The first-order valence-corrected chi connectivity index (χ1v) is 6.52. The second-order valence-electron chi connectivity index (χ2n) is 4.52. The number of halogens is 1. The number of aromatic nitrogens is 3. The van der Waals surface area contributed by atoms with Crippen molar-refractivity contribution in [1.29, 1.82) is 0 Å². The van der Waals surface area contributed by atoms with Crippen LogP contribution in [-0.2, 0) is 13.2 Å². The maximum Gasteiger partial charge on any atom is 0.160 e. The quantitative estimate of drug-likeness (QED) is 0.937. The number of hydrogen-bond acceptors (Lipinski definition) is 3. The van der Waals surface area contributed by atoms with Crippen molar-refractivity contribution in [2.45, 2.75) is 33.4 Å². The van der Waals surface area contributed by atoms with Gasteiger partial charge in [0.05, 0.1) is 0 Å². The fraction of sp³-hybridized carbons (Fsp3) is 0.500. The predicted molar refractivity (Wildman–Crippen MR) is 81.0 cm³/mol. The van der Waals surface area contributed by atoms with Crippen LogP contribution in [0.15, 0.2) is 16.7 Å². The van der Waals surface area contributed by atoms with E-state index in [9.17, 15) is 5.11 Å². The van der Waals surface area contributed by atoms with E-state index in [1.54, 1.807) is 6.20 Å². The van der Waals surface area contributed by atoms with Crippen molar-refractivity contribution >= 4 is 40.6 Å². The van der Waals surface area contributed by atoms with Crippen LogP contribution in [0.4, 0.5) is 0 Å². The van der Waals surface area contributed by atoms with E-state index in [1.807, 2.05) is 10.6 Å². The molecule has 0 aromatic carbocycles. The van der Waals surface area contributed by atoms with Gasteiger partial charge in [-0.05, 0) is 34.3 Å². The summed E-state index contributed by atoms with van der Waals surface area (Å²) >= 11 is 3.38. The number of fused-ring (bicyclic) bond motifs is 1. The van der Waals surface area contributed by atoms with Crippen LogP contribution in [0, 0.1) is 5.92 Å². The molecule has 0 aliphatic rings. The summed E-state index contributed by atoms with van der Waals surface area (Å²) in [7, 11) is 0. The van der Waals surface area contributed by atoms with Crippen LogP contribution in [0.25, 0.3) is 11.2 Å². The summed E-state index contributed by atoms with van der Waals surface area (Å²) in [5.41, 5.74) is 1.67. The molecule has 0 unspecified atom stereocenters. The van der Waals surface area contributed by atoms with E-state index in [2.05, 4.69) is 39.7 Å². The van der Waals surface area contributed by atoms with Gasteiger partial charge in [0.25, 0.3) is 0 Å². The van der Waals surface area contributed by atoms with E-state index < -0.39 is 0 Å². The van der Waals surface area contributed by atoms with E-state index in [0.717, 1.165) is 28.6 Å². The molecule has 0 saturated heterocycles. The molecule has 0 fully saturated rings. The van der Waals surface area contributed by atoms with Gasteiger partial charge in [-0.15, -0.1) is 0 Å². The van der Waals surface area contributed by atoms with E-state index in [4.69, 9.17) is 0 Å². The van der Waals surface area contributed by atoms with Gasteiger partial charge in [-0.2, -0.15) is 13.5 Å². The summed E-state index contributed by atoms with van der Waals surface area (Å²) in [6, 6.07) is 1.92. The Hall–Kier alpha value is -0.590. The van der Waals surface area contributed by atoms with Crippen LogP contribution in [0.1, 0.15) is 26.1 Å². The summed E-state index contributed by atoms with van der Waals surface area (Å²) in [6.07, 6.45) is 2.81. The largest absolute Gasteiger partial charge is 0.388 e. The molecule has 2 aromatic rings. The number of imidazole rings is 1. The molecule has 4 nitrogen and oxygen atoms in total. The average molecular weight is 332 g/mol. The molecule has 0 aliphatic carbocycles. The molecule has 100 valence electrons. The van der Waals surface area contributed by atoms with Crippen molar-refractivity contribution in [3.8, 4) is 0 Å². The monoisotopic (exact) mass is 331 g/mol. The normalized spacial score (nSPS) is 10.9. The Morgan fingerprint density at radius 2 is 2.17 bits per heavy atom. The summed E-state index contributed by atoms with van der Waals surface area (Å²) < 4.78 is 2.91. The Bertz CT molecular complexity index is 527. The van der Waals surface area contributed by atoms with Gasteiger partial charge in [0.15, 0.2) is 5.65 Å². The molecule has 0 amide bonds. The maximum atomic E-state index is 9.33. The smallest absolute Gasteiger partial charge is 0.160 e. The van der Waals surface area contributed by atoms with Crippen molar-refractivity contribution in [2.75, 3.05) is 0 Å². The van der Waals surface area contributed by atoms with Crippen molar-refractivity contribution in [3.63, 3.8) is 0 Å². The van der Waals surface area contributed by atoms with Gasteiger partial charge in [0, 0.05) is 17.2 Å². The van der Waals surface area contributed by atoms with Crippen LogP contribution in [0.3, 0.4) is 0 Å². The third kappa shape index (κ3) is 3.24. The first kappa shape index (κ1) is 15.5. The zero-order valence-electron chi connectivity index (χ0n) is 10.5. The van der Waals surface area contributed by atoms with Crippen LogP contribution >= 0.6 is 29.4 Å². The predicted octanol–water partition coefficient (Wildman–Crippen LogP) is 2.85. The number of rotatable bonds is 4. The van der Waals surface area contributed by atoms with Gasteiger partial charge < -0.3 is 9.67 Å². The minimum Gasteiger partial charge on any atom is -0.388 e. The maximum absolute atomic E-state index is 9.33. The molecule has 2 heterocycles. The van der Waals surface area contributed by atoms with Crippen molar-refractivity contribution in [3.05, 3.63) is 22.6 Å². The Kier molecular flexibility index (Phi) is 5.62. The number of hydrogen-bond donors (Lipinski definition) is 1. The van der Waals surface area contributed by atoms with Gasteiger partial charge in [-0.1, -0.05) is 13.8 Å². The Morgan fingerprint density at radius 3 is 2.78 bits per heavy atom. The second kappa shape index (κ2) is 6.54. The minimum absolute atomic E-state index is 0. The molecule has 0 saturated carbocycles. The lowest BCUT2D eigenvalue weighted by molar-refractivity contribution is 0.264. The van der Waals surface area contributed by atoms with Gasteiger partial charge in [-0.3, -0.25) is 0 Å². The summed E-state index contributed by atoms with van der Waals surface area (Å²) in [4.78, 5) is 8.76. The van der Waals surface area contributed by atoms with Crippen LogP contribution in [0.2, 0.25) is 0 Å². The molecule has 0 bridgehead atoms. The molecule has 0 radical (unpaired) electrons. The van der Waals surface area contributed by atoms with Crippen molar-refractivity contribution < 1.29 is 5.11 Å².